The number of amides is 2. The molecule has 3 fully saturated rings. The second kappa shape index (κ2) is 8.42. The number of likely N-dealkylation sites (tertiary alicyclic amines) is 1. The zero-order chi connectivity index (χ0) is 18.6. The first-order chi connectivity index (χ1) is 13.2. The van der Waals surface area contributed by atoms with Crippen molar-refractivity contribution in [3.05, 3.63) is 17.5 Å². The molecule has 2 saturated heterocycles. The lowest BCUT2D eigenvalue weighted by molar-refractivity contribution is -0.133. The Hall–Kier alpha value is -1.89. The van der Waals surface area contributed by atoms with E-state index in [1.165, 1.54) is 25.7 Å². The van der Waals surface area contributed by atoms with Gasteiger partial charge in [0.25, 0.3) is 5.91 Å². The largest absolute Gasteiger partial charge is 0.378 e. The van der Waals surface area contributed by atoms with Gasteiger partial charge in [-0.3, -0.25) is 14.7 Å². The van der Waals surface area contributed by atoms with E-state index in [9.17, 15) is 9.59 Å². The van der Waals surface area contributed by atoms with Gasteiger partial charge >= 0.3 is 0 Å². The molecule has 3 heterocycles. The number of piperidine rings is 1. The van der Waals surface area contributed by atoms with Crippen molar-refractivity contribution >= 4 is 11.8 Å². The molecule has 4 rings (SSSR count). The van der Waals surface area contributed by atoms with Crippen LogP contribution in [0.1, 0.15) is 67.0 Å². The molecule has 7 nitrogen and oxygen atoms in total. The molecule has 27 heavy (non-hydrogen) atoms. The van der Waals surface area contributed by atoms with E-state index in [-0.39, 0.29) is 11.8 Å². The van der Waals surface area contributed by atoms with Crippen molar-refractivity contribution in [3.8, 4) is 0 Å². The van der Waals surface area contributed by atoms with Crippen LogP contribution in [0.25, 0.3) is 0 Å². The van der Waals surface area contributed by atoms with E-state index in [0.29, 0.717) is 50.2 Å². The molecule has 1 aromatic heterocycles. The summed E-state index contributed by atoms with van der Waals surface area (Å²) in [6.45, 7) is 4.00. The molecule has 3 aliphatic rings. The van der Waals surface area contributed by atoms with Crippen LogP contribution in [-0.4, -0.2) is 71.2 Å². The van der Waals surface area contributed by atoms with E-state index in [4.69, 9.17) is 4.74 Å². The molecule has 0 spiro atoms. The van der Waals surface area contributed by atoms with Gasteiger partial charge in [-0.05, 0) is 37.7 Å². The summed E-state index contributed by atoms with van der Waals surface area (Å²) < 4.78 is 5.31. The smallest absolute Gasteiger partial charge is 0.274 e. The number of hydrogen-bond donors (Lipinski definition) is 1. The highest BCUT2D eigenvalue weighted by molar-refractivity contribution is 5.92. The Morgan fingerprint density at radius 3 is 2.63 bits per heavy atom. The molecule has 148 valence electrons. The number of aromatic nitrogens is 2. The fourth-order valence-electron chi connectivity index (χ4n) is 4.63. The van der Waals surface area contributed by atoms with Crippen LogP contribution in [0.3, 0.4) is 0 Å². The van der Waals surface area contributed by atoms with Gasteiger partial charge in [-0.25, -0.2) is 0 Å². The number of rotatable bonds is 4. The molecular weight excluding hydrogens is 344 g/mol. The fourth-order valence-corrected chi connectivity index (χ4v) is 4.63. The summed E-state index contributed by atoms with van der Waals surface area (Å²) in [7, 11) is 0. The minimum atomic E-state index is -0.0363. The molecule has 0 bridgehead atoms. The summed E-state index contributed by atoms with van der Waals surface area (Å²) in [6.07, 6.45) is 7.69. The normalized spacial score (nSPS) is 24.4. The molecule has 1 N–H and O–H groups in total. The summed E-state index contributed by atoms with van der Waals surface area (Å²) in [5.41, 5.74) is 1.45. The van der Waals surface area contributed by atoms with Crippen molar-refractivity contribution in [2.24, 2.45) is 5.92 Å². The molecule has 0 aromatic carbocycles. The van der Waals surface area contributed by atoms with Crippen LogP contribution in [0.5, 0.6) is 0 Å². The average Bonchev–Trinajstić information content (AvgIpc) is 3.40. The van der Waals surface area contributed by atoms with Crippen LogP contribution in [-0.2, 0) is 9.53 Å². The maximum Gasteiger partial charge on any atom is 0.274 e. The summed E-state index contributed by atoms with van der Waals surface area (Å²) in [6, 6.07) is 1.88. The van der Waals surface area contributed by atoms with Crippen molar-refractivity contribution in [1.29, 1.82) is 0 Å². The zero-order valence-electron chi connectivity index (χ0n) is 16.0. The fraction of sp³-hybridized carbons (Fsp3) is 0.750. The maximum absolute atomic E-state index is 12.7. The van der Waals surface area contributed by atoms with E-state index in [2.05, 4.69) is 10.2 Å². The first kappa shape index (κ1) is 18.5. The maximum atomic E-state index is 12.7. The molecule has 1 aliphatic carbocycles. The van der Waals surface area contributed by atoms with Gasteiger partial charge in [0.2, 0.25) is 5.91 Å². The van der Waals surface area contributed by atoms with Gasteiger partial charge in [0, 0.05) is 44.2 Å². The number of carbonyl (C=O) groups is 2. The number of carbonyl (C=O) groups excluding carboxylic acids is 2. The Morgan fingerprint density at radius 1 is 1.07 bits per heavy atom. The highest BCUT2D eigenvalue weighted by atomic mass is 16.5. The summed E-state index contributed by atoms with van der Waals surface area (Å²) in [5, 5.41) is 7.32. The number of H-pyrrole nitrogens is 1. The molecule has 0 radical (unpaired) electrons. The van der Waals surface area contributed by atoms with Crippen LogP contribution in [0.2, 0.25) is 0 Å². The molecule has 1 atom stereocenters. The molecule has 1 aromatic rings. The first-order valence-electron chi connectivity index (χ1n) is 10.4. The van der Waals surface area contributed by atoms with Gasteiger partial charge < -0.3 is 14.5 Å². The van der Waals surface area contributed by atoms with Crippen LogP contribution in [0.15, 0.2) is 6.07 Å². The predicted octanol–water partition coefficient (Wildman–Crippen LogP) is 2.17. The lowest BCUT2D eigenvalue weighted by Gasteiger charge is -2.33. The number of ether oxygens (including phenoxy) is 1. The van der Waals surface area contributed by atoms with E-state index in [0.717, 1.165) is 31.6 Å². The van der Waals surface area contributed by atoms with Crippen LogP contribution in [0.4, 0.5) is 0 Å². The first-order valence-corrected chi connectivity index (χ1v) is 10.4. The summed E-state index contributed by atoms with van der Waals surface area (Å²) >= 11 is 0. The Kier molecular flexibility index (Phi) is 5.76. The average molecular weight is 374 g/mol. The Labute approximate surface area is 160 Å². The highest BCUT2D eigenvalue weighted by Gasteiger charge is 2.29. The third kappa shape index (κ3) is 4.34. The standard InChI is InChI=1S/C20H30N4O3/c25-19(12-15-4-1-2-5-15)24-7-3-6-16(14-24)17-13-18(22-21-17)20(26)23-8-10-27-11-9-23/h13,15-16H,1-12,14H2,(H,21,22)/t16-/m0/s1. The van der Waals surface area contributed by atoms with Gasteiger partial charge in [-0.1, -0.05) is 12.8 Å². The quantitative estimate of drug-likeness (QED) is 0.876. The Morgan fingerprint density at radius 2 is 1.85 bits per heavy atom. The number of aromatic amines is 1. The number of hydrogen-bond acceptors (Lipinski definition) is 4. The lowest BCUT2D eigenvalue weighted by Crippen LogP contribution is -2.40. The van der Waals surface area contributed by atoms with Crippen molar-refractivity contribution in [3.63, 3.8) is 0 Å². The SMILES string of the molecule is O=C(CC1CCCC1)N1CCC[C@H](c2cc(C(=O)N3CCOCC3)n[nH]2)C1. The minimum Gasteiger partial charge on any atom is -0.378 e. The number of morpholine rings is 1. The zero-order valence-corrected chi connectivity index (χ0v) is 16.0. The Bertz CT molecular complexity index is 662. The molecule has 2 amide bonds. The van der Waals surface area contributed by atoms with Gasteiger partial charge in [-0.15, -0.1) is 0 Å². The second-order valence-corrected chi connectivity index (χ2v) is 8.15. The highest BCUT2D eigenvalue weighted by Crippen LogP contribution is 2.30. The van der Waals surface area contributed by atoms with E-state index >= 15 is 0 Å². The van der Waals surface area contributed by atoms with Crippen LogP contribution < -0.4 is 0 Å². The number of nitrogens with zero attached hydrogens (tertiary/aromatic N) is 3. The molecule has 1 saturated carbocycles. The van der Waals surface area contributed by atoms with Gasteiger partial charge in [0.1, 0.15) is 5.69 Å². The van der Waals surface area contributed by atoms with Gasteiger partial charge in [-0.2, -0.15) is 5.10 Å². The third-order valence-corrected chi connectivity index (χ3v) is 6.27. The second-order valence-electron chi connectivity index (χ2n) is 8.15. The van der Waals surface area contributed by atoms with E-state index < -0.39 is 0 Å². The third-order valence-electron chi connectivity index (χ3n) is 6.27. The van der Waals surface area contributed by atoms with Crippen molar-refractivity contribution in [1.82, 2.24) is 20.0 Å². The molecule has 7 heteroatoms. The van der Waals surface area contributed by atoms with Crippen molar-refractivity contribution in [2.45, 2.75) is 50.9 Å². The molecule has 0 unspecified atom stereocenters. The van der Waals surface area contributed by atoms with Crippen LogP contribution >= 0.6 is 0 Å². The number of nitrogens with one attached hydrogen (secondary N) is 1. The monoisotopic (exact) mass is 374 g/mol. The van der Waals surface area contributed by atoms with Gasteiger partial charge in [0.15, 0.2) is 0 Å². The molecular formula is C20H30N4O3. The van der Waals surface area contributed by atoms with Crippen molar-refractivity contribution in [2.75, 3.05) is 39.4 Å². The lowest BCUT2D eigenvalue weighted by atomic mass is 9.93. The van der Waals surface area contributed by atoms with Crippen LogP contribution in [0, 0.1) is 5.92 Å². The Balaban J connectivity index is 1.36. The topological polar surface area (TPSA) is 78.5 Å². The predicted molar refractivity (Wildman–Crippen MR) is 100 cm³/mol. The van der Waals surface area contributed by atoms with Gasteiger partial charge in [0.05, 0.1) is 13.2 Å². The summed E-state index contributed by atoms with van der Waals surface area (Å²) in [5.74, 6) is 1.09. The molecule has 2 aliphatic heterocycles. The minimum absolute atomic E-state index is 0.0363. The van der Waals surface area contributed by atoms with E-state index in [1.54, 1.807) is 4.90 Å². The van der Waals surface area contributed by atoms with E-state index in [1.807, 2.05) is 11.0 Å². The van der Waals surface area contributed by atoms with Crippen molar-refractivity contribution < 1.29 is 14.3 Å². The summed E-state index contributed by atoms with van der Waals surface area (Å²) in [4.78, 5) is 29.1.